The van der Waals surface area contributed by atoms with E-state index in [1.165, 1.54) is 6.42 Å². The molecule has 1 aromatic heterocycles. The minimum atomic E-state index is 0.304. The molecule has 0 N–H and O–H groups in total. The van der Waals surface area contributed by atoms with Crippen LogP contribution in [0.1, 0.15) is 19.0 Å². The fourth-order valence-corrected chi connectivity index (χ4v) is 3.98. The van der Waals surface area contributed by atoms with Crippen molar-refractivity contribution in [3.05, 3.63) is 29.3 Å². The molecule has 1 fully saturated rings. The average molecular weight is 346 g/mol. The van der Waals surface area contributed by atoms with Crippen molar-refractivity contribution >= 4 is 11.3 Å². The van der Waals surface area contributed by atoms with Crippen LogP contribution < -0.4 is 9.47 Å². The summed E-state index contributed by atoms with van der Waals surface area (Å²) in [5.41, 5.74) is 2.22. The zero-order valence-electron chi connectivity index (χ0n) is 13.9. The Labute approximate surface area is 146 Å². The van der Waals surface area contributed by atoms with Gasteiger partial charge in [0.05, 0.1) is 12.3 Å². The highest BCUT2D eigenvalue weighted by molar-refractivity contribution is 7.13. The minimum absolute atomic E-state index is 0.304. The fourth-order valence-electron chi connectivity index (χ4n) is 3.17. The van der Waals surface area contributed by atoms with Crippen LogP contribution in [0.2, 0.25) is 0 Å². The van der Waals surface area contributed by atoms with Crippen molar-refractivity contribution < 1.29 is 14.2 Å². The molecule has 1 atom stereocenters. The lowest BCUT2D eigenvalue weighted by Crippen LogP contribution is -2.29. The minimum Gasteiger partial charge on any atom is -0.454 e. The third kappa shape index (κ3) is 3.41. The molecule has 1 saturated heterocycles. The van der Waals surface area contributed by atoms with Gasteiger partial charge < -0.3 is 14.2 Å². The SMILES string of the molecule is CCN(Cc1csc(-c2ccc3c(c2)OCO3)n1)C[C@H]1CCOC1. The van der Waals surface area contributed by atoms with Crippen LogP contribution in [0, 0.1) is 5.92 Å². The van der Waals surface area contributed by atoms with Crippen LogP contribution in [-0.4, -0.2) is 43.0 Å². The summed E-state index contributed by atoms with van der Waals surface area (Å²) >= 11 is 1.68. The van der Waals surface area contributed by atoms with Crippen LogP contribution in [0.15, 0.2) is 23.6 Å². The lowest BCUT2D eigenvalue weighted by Gasteiger charge is -2.22. The van der Waals surface area contributed by atoms with Crippen molar-refractivity contribution in [1.29, 1.82) is 0 Å². The van der Waals surface area contributed by atoms with E-state index >= 15 is 0 Å². The van der Waals surface area contributed by atoms with Gasteiger partial charge in [-0.2, -0.15) is 0 Å². The number of hydrogen-bond acceptors (Lipinski definition) is 6. The van der Waals surface area contributed by atoms with Crippen molar-refractivity contribution in [3.8, 4) is 22.1 Å². The van der Waals surface area contributed by atoms with E-state index < -0.39 is 0 Å². The molecule has 0 bridgehead atoms. The monoisotopic (exact) mass is 346 g/mol. The molecule has 0 aliphatic carbocycles. The van der Waals surface area contributed by atoms with Gasteiger partial charge in [-0.1, -0.05) is 6.92 Å². The zero-order valence-corrected chi connectivity index (χ0v) is 14.7. The molecule has 0 amide bonds. The standard InChI is InChI=1S/C18H22N2O3S/c1-2-20(8-13-5-6-21-10-13)9-15-11-24-18(19-15)14-3-4-16-17(7-14)23-12-22-16/h3-4,7,11,13H,2,5-6,8-10,12H2,1H3/t13-/m1/s1. The van der Waals surface area contributed by atoms with Gasteiger partial charge in [-0.3, -0.25) is 4.90 Å². The molecule has 2 aromatic rings. The highest BCUT2D eigenvalue weighted by Gasteiger charge is 2.20. The molecule has 0 radical (unpaired) electrons. The Kier molecular flexibility index (Phi) is 4.69. The third-order valence-corrected chi connectivity index (χ3v) is 5.48. The Morgan fingerprint density at radius 3 is 3.04 bits per heavy atom. The van der Waals surface area contributed by atoms with Crippen LogP contribution in [0.3, 0.4) is 0 Å². The lowest BCUT2D eigenvalue weighted by atomic mass is 10.1. The van der Waals surface area contributed by atoms with Crippen LogP contribution in [-0.2, 0) is 11.3 Å². The number of hydrogen-bond donors (Lipinski definition) is 0. The van der Waals surface area contributed by atoms with Gasteiger partial charge in [-0.15, -0.1) is 11.3 Å². The maximum Gasteiger partial charge on any atom is 0.231 e. The lowest BCUT2D eigenvalue weighted by molar-refractivity contribution is 0.166. The van der Waals surface area contributed by atoms with Gasteiger partial charge in [0, 0.05) is 30.6 Å². The summed E-state index contributed by atoms with van der Waals surface area (Å²) in [6.45, 7) is 7.34. The number of aromatic nitrogens is 1. The number of ether oxygens (including phenoxy) is 3. The molecule has 2 aliphatic heterocycles. The summed E-state index contributed by atoms with van der Waals surface area (Å²) in [6, 6.07) is 6.01. The quantitative estimate of drug-likeness (QED) is 0.802. The van der Waals surface area contributed by atoms with E-state index in [-0.39, 0.29) is 0 Å². The second kappa shape index (κ2) is 7.09. The Morgan fingerprint density at radius 2 is 2.21 bits per heavy atom. The second-order valence-electron chi connectivity index (χ2n) is 6.27. The van der Waals surface area contributed by atoms with Gasteiger partial charge in [0.1, 0.15) is 5.01 Å². The maximum absolute atomic E-state index is 5.49. The zero-order chi connectivity index (χ0) is 16.4. The first-order valence-corrected chi connectivity index (χ1v) is 9.34. The predicted octanol–water partition coefficient (Wildman–Crippen LogP) is 3.40. The molecule has 1 aromatic carbocycles. The fraction of sp³-hybridized carbons (Fsp3) is 0.500. The Hall–Kier alpha value is -1.63. The van der Waals surface area contributed by atoms with Crippen LogP contribution in [0.4, 0.5) is 0 Å². The van der Waals surface area contributed by atoms with Crippen molar-refractivity contribution in [1.82, 2.24) is 9.88 Å². The molecular weight excluding hydrogens is 324 g/mol. The number of nitrogens with zero attached hydrogens (tertiary/aromatic N) is 2. The summed E-state index contributed by atoms with van der Waals surface area (Å²) in [7, 11) is 0. The summed E-state index contributed by atoms with van der Waals surface area (Å²) in [4.78, 5) is 7.27. The van der Waals surface area contributed by atoms with Gasteiger partial charge in [0.25, 0.3) is 0 Å². The van der Waals surface area contributed by atoms with Gasteiger partial charge in [-0.25, -0.2) is 4.98 Å². The van der Waals surface area contributed by atoms with Crippen molar-refractivity contribution in [3.63, 3.8) is 0 Å². The van der Waals surface area contributed by atoms with E-state index in [0.29, 0.717) is 12.7 Å². The second-order valence-corrected chi connectivity index (χ2v) is 7.13. The van der Waals surface area contributed by atoms with Gasteiger partial charge >= 0.3 is 0 Å². The number of thiazole rings is 1. The molecule has 3 heterocycles. The molecular formula is C18H22N2O3S. The molecule has 5 nitrogen and oxygen atoms in total. The average Bonchev–Trinajstić information content (AvgIpc) is 3.35. The first kappa shape index (κ1) is 15.9. The normalized spacial score (nSPS) is 19.3. The highest BCUT2D eigenvalue weighted by atomic mass is 32.1. The van der Waals surface area contributed by atoms with E-state index in [1.54, 1.807) is 11.3 Å². The van der Waals surface area contributed by atoms with E-state index in [2.05, 4.69) is 17.2 Å². The first-order chi connectivity index (χ1) is 11.8. The Morgan fingerprint density at radius 1 is 1.29 bits per heavy atom. The van der Waals surface area contributed by atoms with Crippen molar-refractivity contribution in [2.24, 2.45) is 5.92 Å². The summed E-state index contributed by atoms with van der Waals surface area (Å²) in [5.74, 6) is 2.28. The highest BCUT2D eigenvalue weighted by Crippen LogP contribution is 2.36. The Balaban J connectivity index is 1.44. The molecule has 24 heavy (non-hydrogen) atoms. The predicted molar refractivity (Wildman–Crippen MR) is 93.6 cm³/mol. The van der Waals surface area contributed by atoms with E-state index in [9.17, 15) is 0 Å². The third-order valence-electron chi connectivity index (χ3n) is 4.54. The van der Waals surface area contributed by atoms with Crippen LogP contribution in [0.25, 0.3) is 10.6 Å². The molecule has 2 aliphatic rings. The van der Waals surface area contributed by atoms with Gasteiger partial charge in [0.2, 0.25) is 6.79 Å². The first-order valence-electron chi connectivity index (χ1n) is 8.46. The van der Waals surface area contributed by atoms with Crippen molar-refractivity contribution in [2.45, 2.75) is 19.9 Å². The molecule has 4 rings (SSSR count). The van der Waals surface area contributed by atoms with Crippen molar-refractivity contribution in [2.75, 3.05) is 33.1 Å². The maximum atomic E-state index is 5.49. The van der Waals surface area contributed by atoms with Crippen LogP contribution >= 0.6 is 11.3 Å². The molecule has 0 saturated carbocycles. The number of benzene rings is 1. The number of fused-ring (bicyclic) bond motifs is 1. The van der Waals surface area contributed by atoms with E-state index in [4.69, 9.17) is 19.2 Å². The van der Waals surface area contributed by atoms with E-state index in [0.717, 1.165) is 60.6 Å². The summed E-state index contributed by atoms with van der Waals surface area (Å²) in [6.07, 6.45) is 1.18. The summed E-state index contributed by atoms with van der Waals surface area (Å²) in [5, 5.41) is 3.19. The summed E-state index contributed by atoms with van der Waals surface area (Å²) < 4.78 is 16.3. The van der Waals surface area contributed by atoms with E-state index in [1.807, 2.05) is 18.2 Å². The largest absolute Gasteiger partial charge is 0.454 e. The molecule has 0 spiro atoms. The molecule has 128 valence electrons. The Bertz CT molecular complexity index is 697. The number of rotatable bonds is 6. The smallest absolute Gasteiger partial charge is 0.231 e. The molecule has 0 unspecified atom stereocenters. The topological polar surface area (TPSA) is 43.8 Å². The molecule has 6 heteroatoms. The van der Waals surface area contributed by atoms with Crippen LogP contribution in [0.5, 0.6) is 11.5 Å². The van der Waals surface area contributed by atoms with Gasteiger partial charge in [-0.05, 0) is 37.1 Å². The van der Waals surface area contributed by atoms with Gasteiger partial charge in [0.15, 0.2) is 11.5 Å².